The van der Waals surface area contributed by atoms with Gasteiger partial charge >= 0.3 is 0 Å². The number of hydrogen-bond donors (Lipinski definition) is 2. The van der Waals surface area contributed by atoms with Gasteiger partial charge in [-0.25, -0.2) is 14.4 Å². The number of rotatable bonds is 5. The Balaban J connectivity index is 1.36. The Morgan fingerprint density at radius 3 is 2.69 bits per heavy atom. The number of aryl methyl sites for hydroxylation is 3. The normalized spacial score (nSPS) is 15.0. The summed E-state index contributed by atoms with van der Waals surface area (Å²) in [6, 6.07) is 11.5. The van der Waals surface area contributed by atoms with Gasteiger partial charge in [-0.3, -0.25) is 14.9 Å². The van der Waals surface area contributed by atoms with E-state index in [-0.39, 0.29) is 17.9 Å². The van der Waals surface area contributed by atoms with Crippen LogP contribution in [0, 0.1) is 19.7 Å². The molecule has 0 bridgehead atoms. The molecule has 32 heavy (non-hydrogen) atoms. The molecule has 1 unspecified atom stereocenters. The van der Waals surface area contributed by atoms with E-state index >= 15 is 0 Å². The quantitative estimate of drug-likeness (QED) is 0.644. The summed E-state index contributed by atoms with van der Waals surface area (Å²) in [6.07, 6.45) is 4.17. The Morgan fingerprint density at radius 1 is 1.12 bits per heavy atom. The van der Waals surface area contributed by atoms with Crippen molar-refractivity contribution >= 4 is 17.8 Å². The van der Waals surface area contributed by atoms with E-state index in [1.807, 2.05) is 26.0 Å². The molecular formula is C25H25FN4O2. The Morgan fingerprint density at radius 2 is 1.91 bits per heavy atom. The number of amides is 2. The van der Waals surface area contributed by atoms with Crippen LogP contribution in [0.1, 0.15) is 44.7 Å². The molecule has 2 aromatic carbocycles. The second-order valence-corrected chi connectivity index (χ2v) is 8.24. The van der Waals surface area contributed by atoms with Crippen LogP contribution in [0.25, 0.3) is 0 Å². The molecule has 4 rings (SSSR count). The molecule has 1 heterocycles. The van der Waals surface area contributed by atoms with Crippen LogP contribution >= 0.6 is 0 Å². The van der Waals surface area contributed by atoms with E-state index in [2.05, 4.69) is 26.7 Å². The van der Waals surface area contributed by atoms with Crippen LogP contribution in [0.2, 0.25) is 0 Å². The average molecular weight is 432 g/mol. The van der Waals surface area contributed by atoms with Crippen molar-refractivity contribution in [1.29, 1.82) is 0 Å². The molecule has 0 fully saturated rings. The van der Waals surface area contributed by atoms with Gasteiger partial charge in [0.25, 0.3) is 5.91 Å². The molecule has 0 aliphatic heterocycles. The van der Waals surface area contributed by atoms with Gasteiger partial charge in [0.1, 0.15) is 5.82 Å². The predicted molar refractivity (Wildman–Crippen MR) is 120 cm³/mol. The highest BCUT2D eigenvalue weighted by atomic mass is 19.1. The molecule has 2 N–H and O–H groups in total. The number of hydrogen-bond acceptors (Lipinski definition) is 4. The molecule has 3 aromatic rings. The van der Waals surface area contributed by atoms with Crippen molar-refractivity contribution < 1.29 is 14.0 Å². The second-order valence-electron chi connectivity index (χ2n) is 8.24. The summed E-state index contributed by atoms with van der Waals surface area (Å²) >= 11 is 0. The van der Waals surface area contributed by atoms with Gasteiger partial charge in [0.15, 0.2) is 0 Å². The Kier molecular flexibility index (Phi) is 6.25. The molecule has 164 valence electrons. The van der Waals surface area contributed by atoms with Gasteiger partial charge in [0.2, 0.25) is 11.9 Å². The lowest BCUT2D eigenvalue weighted by molar-refractivity contribution is -0.121. The number of anilines is 1. The van der Waals surface area contributed by atoms with E-state index in [1.54, 1.807) is 6.20 Å². The van der Waals surface area contributed by atoms with E-state index in [1.165, 1.54) is 24.3 Å². The molecule has 1 aliphatic rings. The van der Waals surface area contributed by atoms with Crippen LogP contribution in [0.5, 0.6) is 0 Å². The first-order valence-corrected chi connectivity index (χ1v) is 10.6. The van der Waals surface area contributed by atoms with Crippen molar-refractivity contribution in [3.63, 3.8) is 0 Å². The Hall–Kier alpha value is -3.61. The van der Waals surface area contributed by atoms with Gasteiger partial charge < -0.3 is 5.32 Å². The monoisotopic (exact) mass is 432 g/mol. The largest absolute Gasteiger partial charge is 0.353 e. The maximum Gasteiger partial charge on any atom is 0.258 e. The first-order valence-electron chi connectivity index (χ1n) is 10.6. The first kappa shape index (κ1) is 21.6. The van der Waals surface area contributed by atoms with Crippen LogP contribution in [0.4, 0.5) is 10.3 Å². The van der Waals surface area contributed by atoms with Crippen LogP contribution in [0.3, 0.4) is 0 Å². The molecule has 7 heteroatoms. The maximum atomic E-state index is 13.0. The minimum atomic E-state index is -0.401. The third kappa shape index (κ3) is 5.17. The molecule has 1 aromatic heterocycles. The lowest BCUT2D eigenvalue weighted by Gasteiger charge is -2.25. The highest BCUT2D eigenvalue weighted by Crippen LogP contribution is 2.21. The van der Waals surface area contributed by atoms with Crippen LogP contribution in [-0.4, -0.2) is 27.8 Å². The van der Waals surface area contributed by atoms with Gasteiger partial charge in [-0.2, -0.15) is 0 Å². The van der Waals surface area contributed by atoms with Gasteiger partial charge in [0, 0.05) is 23.5 Å². The Bertz CT molecular complexity index is 1160. The van der Waals surface area contributed by atoms with E-state index in [4.69, 9.17) is 0 Å². The number of carbonyl (C=O) groups is 2. The zero-order valence-corrected chi connectivity index (χ0v) is 18.1. The van der Waals surface area contributed by atoms with E-state index in [0.29, 0.717) is 24.8 Å². The smallest absolute Gasteiger partial charge is 0.258 e. The number of carbonyl (C=O) groups excluding carboxylic acids is 2. The molecule has 2 amide bonds. The summed E-state index contributed by atoms with van der Waals surface area (Å²) in [6.45, 7) is 4.04. The van der Waals surface area contributed by atoms with Gasteiger partial charge in [-0.15, -0.1) is 0 Å². The first-order chi connectivity index (χ1) is 15.4. The minimum absolute atomic E-state index is 0.0104. The standard InChI is InChI=1S/C25H25FN4O2/c1-15-3-4-16(2)18(11-15)13-23(31)28-21-9-10-22-19(12-21)14-27-25(29-22)30-24(32)17-5-7-20(26)8-6-17/h3-8,11,14,21H,9-10,12-13H2,1-2H3,(H,28,31)(H,27,29,30,32). The van der Waals surface area contributed by atoms with Gasteiger partial charge in [-0.1, -0.05) is 23.8 Å². The number of nitrogens with zero attached hydrogens (tertiary/aromatic N) is 2. The molecule has 1 aliphatic carbocycles. The van der Waals surface area contributed by atoms with Crippen LogP contribution in [0.15, 0.2) is 48.7 Å². The fraction of sp³-hybridized carbons (Fsp3) is 0.280. The van der Waals surface area contributed by atoms with E-state index in [0.717, 1.165) is 34.4 Å². The van der Waals surface area contributed by atoms with Gasteiger partial charge in [-0.05, 0) is 74.1 Å². The van der Waals surface area contributed by atoms with Crippen molar-refractivity contribution in [3.05, 3.63) is 88.0 Å². The average Bonchev–Trinajstić information content (AvgIpc) is 2.76. The maximum absolute atomic E-state index is 13.0. The topological polar surface area (TPSA) is 84.0 Å². The van der Waals surface area contributed by atoms with E-state index < -0.39 is 11.7 Å². The summed E-state index contributed by atoms with van der Waals surface area (Å²) in [7, 11) is 0. The molecule has 1 atom stereocenters. The molecule has 0 radical (unpaired) electrons. The third-order valence-electron chi connectivity index (χ3n) is 5.70. The lowest BCUT2D eigenvalue weighted by atomic mass is 9.92. The van der Waals surface area contributed by atoms with E-state index in [9.17, 15) is 14.0 Å². The van der Waals surface area contributed by atoms with Crippen molar-refractivity contribution in [2.45, 2.75) is 45.6 Å². The highest BCUT2D eigenvalue weighted by molar-refractivity contribution is 6.03. The fourth-order valence-electron chi connectivity index (χ4n) is 3.91. The highest BCUT2D eigenvalue weighted by Gasteiger charge is 2.22. The fourth-order valence-corrected chi connectivity index (χ4v) is 3.91. The number of aromatic nitrogens is 2. The molecule has 0 saturated heterocycles. The van der Waals surface area contributed by atoms with Crippen molar-refractivity contribution in [3.8, 4) is 0 Å². The predicted octanol–water partition coefficient (Wildman–Crippen LogP) is 3.70. The minimum Gasteiger partial charge on any atom is -0.353 e. The lowest BCUT2D eigenvalue weighted by Crippen LogP contribution is -2.40. The summed E-state index contributed by atoms with van der Waals surface area (Å²) < 4.78 is 13.0. The van der Waals surface area contributed by atoms with Crippen molar-refractivity contribution in [2.24, 2.45) is 0 Å². The SMILES string of the molecule is Cc1ccc(C)c(CC(=O)NC2CCc3nc(NC(=O)c4ccc(F)cc4)ncc3C2)c1. The number of fused-ring (bicyclic) bond motifs is 1. The zero-order valence-electron chi connectivity index (χ0n) is 18.1. The number of nitrogens with one attached hydrogen (secondary N) is 2. The second kappa shape index (κ2) is 9.26. The van der Waals surface area contributed by atoms with Crippen LogP contribution < -0.4 is 10.6 Å². The van der Waals surface area contributed by atoms with Crippen molar-refractivity contribution in [2.75, 3.05) is 5.32 Å². The summed E-state index contributed by atoms with van der Waals surface area (Å²) in [5, 5.41) is 5.79. The Labute approximate surface area is 186 Å². The summed E-state index contributed by atoms with van der Waals surface area (Å²) in [5.41, 5.74) is 5.47. The molecular weight excluding hydrogens is 407 g/mol. The van der Waals surface area contributed by atoms with Crippen LogP contribution in [-0.2, 0) is 24.1 Å². The molecule has 0 saturated carbocycles. The summed E-state index contributed by atoms with van der Waals surface area (Å²) in [4.78, 5) is 33.6. The number of benzene rings is 2. The molecule has 0 spiro atoms. The third-order valence-corrected chi connectivity index (χ3v) is 5.70. The summed E-state index contributed by atoms with van der Waals surface area (Å²) in [5.74, 6) is -0.564. The van der Waals surface area contributed by atoms with Crippen molar-refractivity contribution in [1.82, 2.24) is 15.3 Å². The molecule has 6 nitrogen and oxygen atoms in total. The zero-order chi connectivity index (χ0) is 22.7. The van der Waals surface area contributed by atoms with Gasteiger partial charge in [0.05, 0.1) is 6.42 Å². The number of halogens is 1.